The SMILES string of the molecule is C=C(Cl)CSc1ccc(OC)ccc1=O. The Hall–Kier alpha value is -0.930. The fourth-order valence-corrected chi connectivity index (χ4v) is 1.80. The fraction of sp³-hybridized carbons (Fsp3) is 0.182. The molecule has 0 amide bonds. The lowest BCUT2D eigenvalue weighted by Crippen LogP contribution is -1.97. The van der Waals surface area contributed by atoms with Crippen LogP contribution in [-0.4, -0.2) is 12.9 Å². The van der Waals surface area contributed by atoms with E-state index in [0.717, 1.165) is 0 Å². The van der Waals surface area contributed by atoms with Gasteiger partial charge in [0, 0.05) is 10.8 Å². The Balaban J connectivity index is 2.94. The van der Waals surface area contributed by atoms with E-state index >= 15 is 0 Å². The lowest BCUT2D eigenvalue weighted by molar-refractivity contribution is 0.415. The van der Waals surface area contributed by atoms with Crippen molar-refractivity contribution < 1.29 is 4.74 Å². The molecular weight excluding hydrogens is 232 g/mol. The topological polar surface area (TPSA) is 26.3 Å². The first-order valence-corrected chi connectivity index (χ1v) is 5.64. The Morgan fingerprint density at radius 1 is 1.47 bits per heavy atom. The number of methoxy groups -OCH3 is 1. The summed E-state index contributed by atoms with van der Waals surface area (Å²) in [5, 5.41) is 0.526. The first kappa shape index (κ1) is 12.1. The average molecular weight is 243 g/mol. The summed E-state index contributed by atoms with van der Waals surface area (Å²) in [7, 11) is 1.56. The van der Waals surface area contributed by atoms with Gasteiger partial charge < -0.3 is 4.74 Å². The van der Waals surface area contributed by atoms with E-state index in [4.69, 9.17) is 16.3 Å². The number of hydrogen-bond acceptors (Lipinski definition) is 3. The van der Waals surface area contributed by atoms with Gasteiger partial charge in [0.1, 0.15) is 5.75 Å². The molecule has 0 radical (unpaired) electrons. The minimum Gasteiger partial charge on any atom is -0.497 e. The van der Waals surface area contributed by atoms with Gasteiger partial charge in [-0.15, -0.1) is 11.8 Å². The third-order valence-corrected chi connectivity index (χ3v) is 3.09. The van der Waals surface area contributed by atoms with Crippen LogP contribution in [0.5, 0.6) is 5.75 Å². The standard InChI is InChI=1S/C11H11ClO2S/c1-8(12)7-15-11-6-4-9(14-2)3-5-10(11)13/h3-6H,1,7H2,2H3. The number of ether oxygens (including phenoxy) is 1. The molecule has 0 fully saturated rings. The highest BCUT2D eigenvalue weighted by molar-refractivity contribution is 7.99. The summed E-state index contributed by atoms with van der Waals surface area (Å²) in [5.41, 5.74) is -0.0405. The van der Waals surface area contributed by atoms with Gasteiger partial charge in [0.2, 0.25) is 0 Å². The molecule has 80 valence electrons. The molecule has 0 heterocycles. The molecule has 0 unspecified atom stereocenters. The van der Waals surface area contributed by atoms with Crippen molar-refractivity contribution in [2.45, 2.75) is 4.90 Å². The van der Waals surface area contributed by atoms with E-state index in [-0.39, 0.29) is 5.43 Å². The second-order valence-corrected chi connectivity index (χ2v) is 4.36. The van der Waals surface area contributed by atoms with Crippen molar-refractivity contribution in [1.29, 1.82) is 0 Å². The molecule has 1 aromatic carbocycles. The predicted octanol–water partition coefficient (Wildman–Crippen LogP) is 2.90. The molecule has 2 nitrogen and oxygen atoms in total. The van der Waals surface area contributed by atoms with Gasteiger partial charge >= 0.3 is 0 Å². The van der Waals surface area contributed by atoms with E-state index in [1.165, 1.54) is 17.8 Å². The van der Waals surface area contributed by atoms with Crippen LogP contribution in [0, 0.1) is 0 Å². The van der Waals surface area contributed by atoms with Gasteiger partial charge in [-0.1, -0.05) is 18.2 Å². The first-order valence-electron chi connectivity index (χ1n) is 4.28. The van der Waals surface area contributed by atoms with Crippen LogP contribution in [-0.2, 0) is 0 Å². The highest BCUT2D eigenvalue weighted by Crippen LogP contribution is 2.18. The summed E-state index contributed by atoms with van der Waals surface area (Å²) in [6.45, 7) is 3.57. The van der Waals surface area contributed by atoms with E-state index in [1.54, 1.807) is 25.3 Å². The van der Waals surface area contributed by atoms with E-state index in [2.05, 4.69) is 6.58 Å². The summed E-state index contributed by atoms with van der Waals surface area (Å²) < 4.78 is 5.02. The van der Waals surface area contributed by atoms with Crippen LogP contribution in [0.3, 0.4) is 0 Å². The Morgan fingerprint density at radius 2 is 2.13 bits per heavy atom. The van der Waals surface area contributed by atoms with E-state index < -0.39 is 0 Å². The minimum absolute atomic E-state index is 0.0405. The van der Waals surface area contributed by atoms with Crippen molar-refractivity contribution >= 4 is 23.4 Å². The predicted molar refractivity (Wildman–Crippen MR) is 65.0 cm³/mol. The number of halogens is 1. The molecule has 0 bridgehead atoms. The van der Waals surface area contributed by atoms with Gasteiger partial charge in [-0.05, 0) is 24.3 Å². The minimum atomic E-state index is -0.0405. The molecule has 0 aliphatic rings. The summed E-state index contributed by atoms with van der Waals surface area (Å²) >= 11 is 7.00. The van der Waals surface area contributed by atoms with Crippen molar-refractivity contribution in [3.63, 3.8) is 0 Å². The normalized spacial score (nSPS) is 9.73. The summed E-state index contributed by atoms with van der Waals surface area (Å²) in [6.07, 6.45) is 0. The zero-order chi connectivity index (χ0) is 11.3. The average Bonchev–Trinajstić information content (AvgIpc) is 2.37. The van der Waals surface area contributed by atoms with Crippen LogP contribution >= 0.6 is 23.4 Å². The first-order chi connectivity index (χ1) is 7.13. The van der Waals surface area contributed by atoms with Crippen molar-refractivity contribution in [1.82, 2.24) is 0 Å². The summed E-state index contributed by atoms with van der Waals surface area (Å²) in [6, 6.07) is 6.60. The molecule has 15 heavy (non-hydrogen) atoms. The Labute approximate surface area is 97.9 Å². The van der Waals surface area contributed by atoms with Crippen LogP contribution < -0.4 is 10.2 Å². The Morgan fingerprint density at radius 3 is 2.73 bits per heavy atom. The number of hydrogen-bond donors (Lipinski definition) is 0. The monoisotopic (exact) mass is 242 g/mol. The zero-order valence-electron chi connectivity index (χ0n) is 8.33. The number of thioether (sulfide) groups is 1. The zero-order valence-corrected chi connectivity index (χ0v) is 9.90. The van der Waals surface area contributed by atoms with Crippen LogP contribution in [0.25, 0.3) is 0 Å². The van der Waals surface area contributed by atoms with Crippen molar-refractivity contribution in [3.8, 4) is 5.75 Å². The largest absolute Gasteiger partial charge is 0.497 e. The Bertz CT molecular complexity index is 418. The summed E-state index contributed by atoms with van der Waals surface area (Å²) in [4.78, 5) is 12.2. The maximum absolute atomic E-state index is 11.6. The van der Waals surface area contributed by atoms with Gasteiger partial charge in [0.15, 0.2) is 5.43 Å². The molecule has 1 rings (SSSR count). The highest BCUT2D eigenvalue weighted by Gasteiger charge is 1.99. The van der Waals surface area contributed by atoms with Gasteiger partial charge in [-0.3, -0.25) is 4.79 Å². The highest BCUT2D eigenvalue weighted by atomic mass is 35.5. The lowest BCUT2D eigenvalue weighted by Gasteiger charge is -1.95. The second kappa shape index (κ2) is 5.83. The van der Waals surface area contributed by atoms with E-state index in [1.807, 2.05) is 0 Å². The van der Waals surface area contributed by atoms with Crippen LogP contribution in [0.2, 0.25) is 0 Å². The second-order valence-electron chi connectivity index (χ2n) is 2.81. The van der Waals surface area contributed by atoms with Crippen molar-refractivity contribution in [3.05, 3.63) is 46.1 Å². The molecule has 0 saturated heterocycles. The van der Waals surface area contributed by atoms with Gasteiger partial charge in [-0.2, -0.15) is 0 Å². The molecule has 0 spiro atoms. The molecule has 0 atom stereocenters. The third-order valence-electron chi connectivity index (χ3n) is 1.66. The van der Waals surface area contributed by atoms with E-state index in [9.17, 15) is 4.79 Å². The molecule has 0 aliphatic carbocycles. The third kappa shape index (κ3) is 3.98. The molecule has 0 N–H and O–H groups in total. The van der Waals surface area contributed by atoms with Gasteiger partial charge in [0.25, 0.3) is 0 Å². The maximum Gasteiger partial charge on any atom is 0.192 e. The lowest BCUT2D eigenvalue weighted by atomic mass is 10.5. The molecule has 1 aromatic rings. The molecule has 0 saturated carbocycles. The van der Waals surface area contributed by atoms with E-state index in [0.29, 0.717) is 21.4 Å². The summed E-state index contributed by atoms with van der Waals surface area (Å²) in [5.74, 6) is 1.19. The smallest absolute Gasteiger partial charge is 0.192 e. The van der Waals surface area contributed by atoms with Crippen LogP contribution in [0.4, 0.5) is 0 Å². The molecule has 0 aromatic heterocycles. The quantitative estimate of drug-likeness (QED) is 0.760. The van der Waals surface area contributed by atoms with Gasteiger partial charge in [0.05, 0.1) is 12.0 Å². The van der Waals surface area contributed by atoms with Crippen molar-refractivity contribution in [2.75, 3.05) is 12.9 Å². The number of rotatable bonds is 4. The Kier molecular flexibility index (Phi) is 4.72. The van der Waals surface area contributed by atoms with Gasteiger partial charge in [-0.25, -0.2) is 0 Å². The molecule has 0 aliphatic heterocycles. The molecule has 4 heteroatoms. The van der Waals surface area contributed by atoms with Crippen molar-refractivity contribution in [2.24, 2.45) is 0 Å². The van der Waals surface area contributed by atoms with Crippen LogP contribution in [0.15, 0.2) is 45.6 Å². The fourth-order valence-electron chi connectivity index (χ4n) is 0.947. The van der Waals surface area contributed by atoms with Crippen LogP contribution in [0.1, 0.15) is 0 Å². The maximum atomic E-state index is 11.6. The molecular formula is C11H11ClO2S.